The van der Waals surface area contributed by atoms with Crippen LogP contribution in [0.25, 0.3) is 0 Å². The Balaban J connectivity index is 2.47. The minimum Gasteiger partial charge on any atom is -0.314 e. The monoisotopic (exact) mass is 249 g/mol. The maximum Gasteiger partial charge on any atom is 0.279 e. The summed E-state index contributed by atoms with van der Waals surface area (Å²) in [6.07, 6.45) is 2.06. The van der Waals surface area contributed by atoms with E-state index >= 15 is 0 Å². The highest BCUT2D eigenvalue weighted by molar-refractivity contribution is 7.87. The van der Waals surface area contributed by atoms with Crippen molar-refractivity contribution in [2.24, 2.45) is 5.92 Å². The van der Waals surface area contributed by atoms with Crippen molar-refractivity contribution in [3.05, 3.63) is 0 Å². The molecule has 0 amide bonds. The number of rotatable bonds is 5. The van der Waals surface area contributed by atoms with Crippen molar-refractivity contribution in [1.29, 1.82) is 0 Å². The molecule has 1 unspecified atom stereocenters. The summed E-state index contributed by atoms with van der Waals surface area (Å²) in [7, 11) is -1.77. The number of nitrogens with zero attached hydrogens (tertiary/aromatic N) is 1. The zero-order valence-corrected chi connectivity index (χ0v) is 11.2. The van der Waals surface area contributed by atoms with E-state index in [2.05, 4.69) is 23.9 Å². The molecule has 0 bridgehead atoms. The van der Waals surface area contributed by atoms with Gasteiger partial charge in [-0.3, -0.25) is 0 Å². The number of hydrogen-bond donors (Lipinski definition) is 2. The first-order valence-electron chi connectivity index (χ1n) is 5.87. The van der Waals surface area contributed by atoms with E-state index in [1.807, 2.05) is 0 Å². The van der Waals surface area contributed by atoms with Crippen molar-refractivity contribution >= 4 is 10.2 Å². The summed E-state index contributed by atoms with van der Waals surface area (Å²) < 4.78 is 27.2. The van der Waals surface area contributed by atoms with Gasteiger partial charge in [-0.15, -0.1) is 0 Å². The molecule has 1 aliphatic rings. The first-order valence-corrected chi connectivity index (χ1v) is 7.31. The fourth-order valence-corrected chi connectivity index (χ4v) is 2.98. The maximum absolute atomic E-state index is 11.6. The Labute approximate surface area is 98.8 Å². The fourth-order valence-electron chi connectivity index (χ4n) is 1.94. The lowest BCUT2D eigenvalue weighted by Crippen LogP contribution is -2.47. The quantitative estimate of drug-likeness (QED) is 0.730. The van der Waals surface area contributed by atoms with Gasteiger partial charge in [0, 0.05) is 26.2 Å². The molecule has 1 saturated heterocycles. The van der Waals surface area contributed by atoms with Crippen LogP contribution in [0.4, 0.5) is 0 Å². The van der Waals surface area contributed by atoms with Gasteiger partial charge in [0.05, 0.1) is 0 Å². The lowest BCUT2D eigenvalue weighted by molar-refractivity contribution is 0.255. The molecule has 16 heavy (non-hydrogen) atoms. The van der Waals surface area contributed by atoms with E-state index in [1.165, 1.54) is 7.05 Å². The first kappa shape index (κ1) is 13.9. The molecule has 1 rings (SSSR count). The Morgan fingerprint density at radius 2 is 2.12 bits per heavy atom. The van der Waals surface area contributed by atoms with Crippen LogP contribution in [0.15, 0.2) is 0 Å². The lowest BCUT2D eigenvalue weighted by Gasteiger charge is -2.32. The standard InChI is InChI=1S/C10H23N3O2S/c1-9(2)12-7-10-5-4-6-13(8-10)16(14,15)11-3/h9-12H,4-8H2,1-3H3. The van der Waals surface area contributed by atoms with Gasteiger partial charge >= 0.3 is 0 Å². The highest BCUT2D eigenvalue weighted by Crippen LogP contribution is 2.17. The Morgan fingerprint density at radius 1 is 1.44 bits per heavy atom. The van der Waals surface area contributed by atoms with Crippen LogP contribution in [0.5, 0.6) is 0 Å². The van der Waals surface area contributed by atoms with Crippen molar-refractivity contribution in [3.63, 3.8) is 0 Å². The molecule has 0 saturated carbocycles. The van der Waals surface area contributed by atoms with E-state index in [0.717, 1.165) is 19.4 Å². The van der Waals surface area contributed by atoms with Crippen LogP contribution in [-0.2, 0) is 10.2 Å². The highest BCUT2D eigenvalue weighted by atomic mass is 32.2. The smallest absolute Gasteiger partial charge is 0.279 e. The number of nitrogens with one attached hydrogen (secondary N) is 2. The van der Waals surface area contributed by atoms with Gasteiger partial charge in [-0.05, 0) is 25.3 Å². The number of piperidine rings is 1. The molecular weight excluding hydrogens is 226 g/mol. The van der Waals surface area contributed by atoms with Gasteiger partial charge in [-0.2, -0.15) is 12.7 Å². The normalized spacial score (nSPS) is 23.9. The van der Waals surface area contributed by atoms with E-state index in [4.69, 9.17) is 0 Å². The predicted octanol–water partition coefficient (Wildman–Crippen LogP) is 0.161. The molecule has 0 aliphatic carbocycles. The second-order valence-corrected chi connectivity index (χ2v) is 6.51. The van der Waals surface area contributed by atoms with Gasteiger partial charge < -0.3 is 5.32 Å². The Kier molecular flexibility index (Phi) is 5.17. The van der Waals surface area contributed by atoms with E-state index in [-0.39, 0.29) is 0 Å². The van der Waals surface area contributed by atoms with Crippen LogP contribution in [-0.4, -0.2) is 45.4 Å². The van der Waals surface area contributed by atoms with Crippen LogP contribution < -0.4 is 10.0 Å². The summed E-state index contributed by atoms with van der Waals surface area (Å²) >= 11 is 0. The topological polar surface area (TPSA) is 61.4 Å². The van der Waals surface area contributed by atoms with E-state index in [9.17, 15) is 8.42 Å². The Bertz CT molecular complexity index is 303. The van der Waals surface area contributed by atoms with Crippen LogP contribution >= 0.6 is 0 Å². The molecule has 0 radical (unpaired) electrons. The van der Waals surface area contributed by atoms with Gasteiger partial charge in [0.15, 0.2) is 0 Å². The van der Waals surface area contributed by atoms with Gasteiger partial charge in [0.1, 0.15) is 0 Å². The van der Waals surface area contributed by atoms with Crippen molar-refractivity contribution < 1.29 is 8.42 Å². The molecule has 1 fully saturated rings. The summed E-state index contributed by atoms with van der Waals surface area (Å²) in [6.45, 7) is 6.37. The minimum absolute atomic E-state index is 0.430. The van der Waals surface area contributed by atoms with Crippen molar-refractivity contribution in [2.45, 2.75) is 32.7 Å². The van der Waals surface area contributed by atoms with E-state index in [0.29, 0.717) is 25.0 Å². The first-order chi connectivity index (χ1) is 7.45. The number of hydrogen-bond acceptors (Lipinski definition) is 3. The SMILES string of the molecule is CNS(=O)(=O)N1CCCC(CNC(C)C)C1. The molecule has 0 aromatic rings. The van der Waals surface area contributed by atoms with Crippen LogP contribution in [0, 0.1) is 5.92 Å². The van der Waals surface area contributed by atoms with E-state index in [1.54, 1.807) is 4.31 Å². The molecule has 2 N–H and O–H groups in total. The molecule has 0 spiro atoms. The third-order valence-electron chi connectivity index (χ3n) is 2.89. The van der Waals surface area contributed by atoms with Gasteiger partial charge in [0.2, 0.25) is 0 Å². The third-order valence-corrected chi connectivity index (χ3v) is 4.42. The molecule has 1 atom stereocenters. The molecule has 96 valence electrons. The summed E-state index contributed by atoms with van der Waals surface area (Å²) in [6, 6.07) is 0.455. The average Bonchev–Trinajstić information content (AvgIpc) is 2.27. The van der Waals surface area contributed by atoms with Crippen LogP contribution in [0.3, 0.4) is 0 Å². The van der Waals surface area contributed by atoms with Crippen LogP contribution in [0.1, 0.15) is 26.7 Å². The zero-order valence-electron chi connectivity index (χ0n) is 10.4. The average molecular weight is 249 g/mol. The highest BCUT2D eigenvalue weighted by Gasteiger charge is 2.27. The van der Waals surface area contributed by atoms with Crippen molar-refractivity contribution in [3.8, 4) is 0 Å². The third kappa shape index (κ3) is 4.01. The molecule has 0 aromatic carbocycles. The summed E-state index contributed by atoms with van der Waals surface area (Å²) in [5, 5.41) is 3.36. The van der Waals surface area contributed by atoms with Gasteiger partial charge in [-0.25, -0.2) is 4.72 Å². The fraction of sp³-hybridized carbons (Fsp3) is 1.00. The summed E-state index contributed by atoms with van der Waals surface area (Å²) in [4.78, 5) is 0. The zero-order chi connectivity index (χ0) is 12.2. The summed E-state index contributed by atoms with van der Waals surface area (Å²) in [5.41, 5.74) is 0. The molecule has 5 nitrogen and oxygen atoms in total. The molecule has 1 heterocycles. The molecule has 6 heteroatoms. The largest absolute Gasteiger partial charge is 0.314 e. The van der Waals surface area contributed by atoms with Crippen molar-refractivity contribution in [2.75, 3.05) is 26.7 Å². The lowest BCUT2D eigenvalue weighted by atomic mass is 9.99. The predicted molar refractivity (Wildman–Crippen MR) is 65.4 cm³/mol. The molecule has 1 aliphatic heterocycles. The Morgan fingerprint density at radius 3 is 2.69 bits per heavy atom. The molecular formula is C10H23N3O2S. The van der Waals surface area contributed by atoms with Crippen molar-refractivity contribution in [1.82, 2.24) is 14.3 Å². The van der Waals surface area contributed by atoms with Crippen LogP contribution in [0.2, 0.25) is 0 Å². The molecule has 0 aromatic heterocycles. The maximum atomic E-state index is 11.6. The summed E-state index contributed by atoms with van der Waals surface area (Å²) in [5.74, 6) is 0.430. The second kappa shape index (κ2) is 5.95. The van der Waals surface area contributed by atoms with E-state index < -0.39 is 10.2 Å². The second-order valence-electron chi connectivity index (χ2n) is 4.64. The minimum atomic E-state index is -3.24. The van der Waals surface area contributed by atoms with Gasteiger partial charge in [0.25, 0.3) is 10.2 Å². The Hall–Kier alpha value is -0.170. The van der Waals surface area contributed by atoms with Gasteiger partial charge in [-0.1, -0.05) is 13.8 Å².